The van der Waals surface area contributed by atoms with Crippen molar-refractivity contribution in [2.75, 3.05) is 19.9 Å². The zero-order chi connectivity index (χ0) is 21.8. The molecule has 2 aromatic rings. The number of sulfonamides is 1. The third-order valence-corrected chi connectivity index (χ3v) is 7.25. The van der Waals surface area contributed by atoms with Gasteiger partial charge < -0.3 is 9.47 Å². The van der Waals surface area contributed by atoms with E-state index in [4.69, 9.17) is 9.47 Å². The average Bonchev–Trinajstić information content (AvgIpc) is 3.48. The maximum Gasteiger partial charge on any atom is 0.271 e. The van der Waals surface area contributed by atoms with Gasteiger partial charge in [0.15, 0.2) is 11.5 Å². The second kappa shape index (κ2) is 9.07. The Balaban J connectivity index is 1.36. The van der Waals surface area contributed by atoms with E-state index in [0.29, 0.717) is 19.5 Å². The van der Waals surface area contributed by atoms with Crippen molar-refractivity contribution in [1.29, 1.82) is 0 Å². The van der Waals surface area contributed by atoms with Crippen LogP contribution in [0.15, 0.2) is 52.5 Å². The summed E-state index contributed by atoms with van der Waals surface area (Å²) in [4.78, 5) is 12.6. The Morgan fingerprint density at radius 1 is 1.10 bits per heavy atom. The molecule has 0 unspecified atom stereocenters. The van der Waals surface area contributed by atoms with Crippen molar-refractivity contribution in [1.82, 2.24) is 9.73 Å². The van der Waals surface area contributed by atoms with Gasteiger partial charge in [-0.1, -0.05) is 12.1 Å². The SMILES string of the molecule is C/C(CCc1ccc2c(c1)OCO2)=N\NC(=O)c1cccc(S(=O)(=O)N2CCCC2)c1. The lowest BCUT2D eigenvalue weighted by molar-refractivity contribution is 0.0954. The van der Waals surface area contributed by atoms with Crippen LogP contribution in [-0.4, -0.2) is 44.2 Å². The lowest BCUT2D eigenvalue weighted by Crippen LogP contribution is -2.28. The molecule has 0 atom stereocenters. The van der Waals surface area contributed by atoms with Crippen molar-refractivity contribution in [2.24, 2.45) is 5.10 Å². The van der Waals surface area contributed by atoms with E-state index in [9.17, 15) is 13.2 Å². The minimum Gasteiger partial charge on any atom is -0.454 e. The molecule has 1 N–H and O–H groups in total. The first-order valence-corrected chi connectivity index (χ1v) is 11.7. The molecule has 0 spiro atoms. The Bertz CT molecular complexity index is 1110. The summed E-state index contributed by atoms with van der Waals surface area (Å²) in [5.74, 6) is 1.04. The highest BCUT2D eigenvalue weighted by Gasteiger charge is 2.27. The number of rotatable bonds is 7. The van der Waals surface area contributed by atoms with Crippen LogP contribution in [0.25, 0.3) is 0 Å². The molecule has 164 valence electrons. The van der Waals surface area contributed by atoms with Crippen LogP contribution in [-0.2, 0) is 16.4 Å². The molecule has 2 aliphatic rings. The van der Waals surface area contributed by atoms with Gasteiger partial charge in [0.05, 0.1) is 4.90 Å². The van der Waals surface area contributed by atoms with Crippen LogP contribution < -0.4 is 14.9 Å². The second-order valence-electron chi connectivity index (χ2n) is 7.61. The van der Waals surface area contributed by atoms with Gasteiger partial charge in [0, 0.05) is 24.4 Å². The summed E-state index contributed by atoms with van der Waals surface area (Å²) in [6, 6.07) is 11.9. The van der Waals surface area contributed by atoms with Crippen LogP contribution in [0.1, 0.15) is 42.1 Å². The molecule has 1 saturated heterocycles. The van der Waals surface area contributed by atoms with E-state index in [0.717, 1.165) is 42.0 Å². The summed E-state index contributed by atoms with van der Waals surface area (Å²) >= 11 is 0. The quantitative estimate of drug-likeness (QED) is 0.524. The molecule has 1 fully saturated rings. The lowest BCUT2D eigenvalue weighted by atomic mass is 10.1. The van der Waals surface area contributed by atoms with Gasteiger partial charge in [0.2, 0.25) is 16.8 Å². The molecule has 2 heterocycles. The van der Waals surface area contributed by atoms with Crippen LogP contribution >= 0.6 is 0 Å². The highest BCUT2D eigenvalue weighted by Crippen LogP contribution is 2.32. The van der Waals surface area contributed by atoms with Gasteiger partial charge in [-0.3, -0.25) is 4.79 Å². The van der Waals surface area contributed by atoms with Crippen molar-refractivity contribution < 1.29 is 22.7 Å². The molecule has 2 aliphatic heterocycles. The highest BCUT2D eigenvalue weighted by atomic mass is 32.2. The van der Waals surface area contributed by atoms with Crippen LogP contribution in [0.4, 0.5) is 0 Å². The van der Waals surface area contributed by atoms with Crippen molar-refractivity contribution in [2.45, 2.75) is 37.5 Å². The van der Waals surface area contributed by atoms with E-state index in [2.05, 4.69) is 10.5 Å². The number of ether oxygens (including phenoxy) is 2. The monoisotopic (exact) mass is 443 g/mol. The van der Waals surface area contributed by atoms with E-state index in [1.807, 2.05) is 25.1 Å². The lowest BCUT2D eigenvalue weighted by Gasteiger charge is -2.15. The minimum atomic E-state index is -3.57. The third kappa shape index (κ3) is 4.88. The molecular formula is C22H25N3O5S. The van der Waals surface area contributed by atoms with Crippen LogP contribution in [0.5, 0.6) is 11.5 Å². The zero-order valence-corrected chi connectivity index (χ0v) is 18.2. The topological polar surface area (TPSA) is 97.3 Å². The fraction of sp³-hybridized carbons (Fsp3) is 0.364. The van der Waals surface area contributed by atoms with Crippen molar-refractivity contribution in [3.8, 4) is 11.5 Å². The molecule has 8 nitrogen and oxygen atoms in total. The van der Waals surface area contributed by atoms with E-state index in [1.165, 1.54) is 16.4 Å². The second-order valence-corrected chi connectivity index (χ2v) is 9.55. The maximum absolute atomic E-state index is 12.7. The summed E-state index contributed by atoms with van der Waals surface area (Å²) < 4.78 is 37.6. The Labute approximate surface area is 181 Å². The summed E-state index contributed by atoms with van der Waals surface area (Å²) in [6.07, 6.45) is 3.12. The zero-order valence-electron chi connectivity index (χ0n) is 17.3. The molecule has 0 aliphatic carbocycles. The number of hydrazone groups is 1. The molecular weight excluding hydrogens is 418 g/mol. The largest absolute Gasteiger partial charge is 0.454 e. The van der Waals surface area contributed by atoms with Gasteiger partial charge >= 0.3 is 0 Å². The van der Waals surface area contributed by atoms with Crippen LogP contribution in [0.3, 0.4) is 0 Å². The first kappa shape index (κ1) is 21.3. The molecule has 0 bridgehead atoms. The van der Waals surface area contributed by atoms with Gasteiger partial charge in [-0.15, -0.1) is 0 Å². The van der Waals surface area contributed by atoms with Gasteiger partial charge in [0.1, 0.15) is 0 Å². The minimum absolute atomic E-state index is 0.130. The molecule has 0 radical (unpaired) electrons. The number of nitrogens with one attached hydrogen (secondary N) is 1. The number of benzene rings is 2. The van der Waals surface area contributed by atoms with Crippen LogP contribution in [0.2, 0.25) is 0 Å². The van der Waals surface area contributed by atoms with E-state index in [-0.39, 0.29) is 17.3 Å². The van der Waals surface area contributed by atoms with Crippen molar-refractivity contribution in [3.05, 3.63) is 53.6 Å². The number of hydrogen-bond acceptors (Lipinski definition) is 6. The predicted octanol–water partition coefficient (Wildman–Crippen LogP) is 2.94. The van der Waals surface area contributed by atoms with Gasteiger partial charge in [-0.05, 0) is 68.5 Å². The predicted molar refractivity (Wildman–Crippen MR) is 116 cm³/mol. The van der Waals surface area contributed by atoms with Crippen molar-refractivity contribution in [3.63, 3.8) is 0 Å². The summed E-state index contributed by atoms with van der Waals surface area (Å²) in [5, 5.41) is 4.16. The first-order chi connectivity index (χ1) is 14.9. The van der Waals surface area contributed by atoms with Crippen LogP contribution in [0, 0.1) is 0 Å². The average molecular weight is 444 g/mol. The molecule has 1 amide bonds. The number of nitrogens with zero attached hydrogens (tertiary/aromatic N) is 2. The number of amides is 1. The number of aryl methyl sites for hydroxylation is 1. The van der Waals surface area contributed by atoms with Crippen molar-refractivity contribution >= 4 is 21.6 Å². The highest BCUT2D eigenvalue weighted by molar-refractivity contribution is 7.89. The molecule has 31 heavy (non-hydrogen) atoms. The van der Waals surface area contributed by atoms with E-state index in [1.54, 1.807) is 12.1 Å². The Kier molecular flexibility index (Phi) is 6.24. The summed E-state index contributed by atoms with van der Waals surface area (Å²) in [5.41, 5.74) is 4.62. The molecule has 4 rings (SSSR count). The maximum atomic E-state index is 12.7. The Morgan fingerprint density at radius 2 is 1.87 bits per heavy atom. The Morgan fingerprint density at radius 3 is 2.68 bits per heavy atom. The van der Waals surface area contributed by atoms with Gasteiger partial charge in [0.25, 0.3) is 5.91 Å². The Hall–Kier alpha value is -2.91. The van der Waals surface area contributed by atoms with E-state index >= 15 is 0 Å². The van der Waals surface area contributed by atoms with Gasteiger partial charge in [-0.2, -0.15) is 9.41 Å². The van der Waals surface area contributed by atoms with Gasteiger partial charge in [-0.25, -0.2) is 13.8 Å². The molecule has 9 heteroatoms. The number of carbonyl (C=O) groups excluding carboxylic acids is 1. The number of carbonyl (C=O) groups is 1. The number of hydrogen-bond donors (Lipinski definition) is 1. The normalized spacial score (nSPS) is 16.5. The molecule has 0 saturated carbocycles. The standard InChI is InChI=1S/C22H25N3O5S/c1-16(7-8-17-9-10-20-21(13-17)30-15-29-20)23-24-22(26)18-5-4-6-19(14-18)31(27,28)25-11-2-3-12-25/h4-6,9-10,13-14H,2-3,7-8,11-12,15H2,1H3,(H,24,26)/b23-16+. The number of fused-ring (bicyclic) bond motifs is 1. The fourth-order valence-corrected chi connectivity index (χ4v) is 5.13. The molecule has 0 aromatic heterocycles. The smallest absolute Gasteiger partial charge is 0.271 e. The summed E-state index contributed by atoms with van der Waals surface area (Å²) in [6.45, 7) is 3.12. The third-order valence-electron chi connectivity index (χ3n) is 5.36. The molecule has 2 aromatic carbocycles. The first-order valence-electron chi connectivity index (χ1n) is 10.3. The van der Waals surface area contributed by atoms with E-state index < -0.39 is 15.9 Å². The fourth-order valence-electron chi connectivity index (χ4n) is 3.56. The summed E-state index contributed by atoms with van der Waals surface area (Å²) in [7, 11) is -3.57.